The molecule has 3 nitrogen and oxygen atoms in total. The average molecular weight is 330 g/mol. The third-order valence-corrected chi connectivity index (χ3v) is 8.40. The fourth-order valence-corrected chi connectivity index (χ4v) is 7.09. The summed E-state index contributed by atoms with van der Waals surface area (Å²) in [5.74, 6) is 2.99. The zero-order chi connectivity index (χ0) is 17.3. The molecule has 0 radical (unpaired) electrons. The highest BCUT2D eigenvalue weighted by Crippen LogP contribution is 2.65. The quantitative estimate of drug-likeness (QED) is 0.797. The van der Waals surface area contributed by atoms with Crippen LogP contribution in [0.4, 0.5) is 0 Å². The summed E-state index contributed by atoms with van der Waals surface area (Å²) in [6.07, 6.45) is 8.42. The summed E-state index contributed by atoms with van der Waals surface area (Å²) < 4.78 is 0. The maximum Gasteiger partial charge on any atom is 0.161 e. The highest BCUT2D eigenvalue weighted by molar-refractivity contribution is 5.91. The third kappa shape index (κ3) is 2.00. The predicted octanol–water partition coefficient (Wildman–Crippen LogP) is 3.69. The molecule has 0 saturated heterocycles. The Bertz CT molecular complexity index is 621. The van der Waals surface area contributed by atoms with E-state index >= 15 is 0 Å². The molecule has 0 spiro atoms. The Morgan fingerprint density at radius 2 is 1.96 bits per heavy atom. The van der Waals surface area contributed by atoms with Crippen LogP contribution < -0.4 is 0 Å². The maximum absolute atomic E-state index is 12.2. The van der Waals surface area contributed by atoms with Gasteiger partial charge in [-0.2, -0.15) is 0 Å². The first-order valence-electron chi connectivity index (χ1n) is 9.75. The van der Waals surface area contributed by atoms with Crippen LogP contribution in [-0.2, 0) is 9.59 Å². The number of rotatable bonds is 1. The number of fused-ring (bicyclic) bond motifs is 5. The van der Waals surface area contributed by atoms with Crippen molar-refractivity contribution in [1.29, 1.82) is 0 Å². The molecular weight excluding hydrogens is 300 g/mol. The second-order valence-corrected chi connectivity index (χ2v) is 9.24. The van der Waals surface area contributed by atoms with Crippen LogP contribution >= 0.6 is 0 Å². The summed E-state index contributed by atoms with van der Waals surface area (Å²) in [6.45, 7) is 6.01. The molecular formula is C21H30O3. The van der Waals surface area contributed by atoms with Gasteiger partial charge < -0.3 is 5.11 Å². The molecule has 0 aromatic carbocycles. The standard InChI is InChI=1S/C21H30O3/c1-12-10-18-16(15-5-4-14(23)11-17(12)15)6-8-20(3)19(18)7-9-21(20,24)13(2)22/h11-12,15-16,18-19,24H,4-10H2,1-3H3/t12-,15?,16+,18+,19-,20-,21-/m0/s1. The van der Waals surface area contributed by atoms with E-state index in [4.69, 9.17) is 0 Å². The van der Waals surface area contributed by atoms with Gasteiger partial charge in [0, 0.05) is 11.8 Å². The second-order valence-electron chi connectivity index (χ2n) is 9.24. The lowest BCUT2D eigenvalue weighted by Crippen LogP contribution is -2.56. The number of Topliss-reactive ketones (excluding diaryl/α,β-unsaturated/α-hetero) is 1. The molecule has 0 aromatic rings. The first-order valence-corrected chi connectivity index (χ1v) is 9.75. The van der Waals surface area contributed by atoms with Crippen LogP contribution in [0.2, 0.25) is 0 Å². The average Bonchev–Trinajstić information content (AvgIpc) is 2.81. The van der Waals surface area contributed by atoms with Crippen molar-refractivity contribution in [2.24, 2.45) is 35.0 Å². The molecule has 0 aliphatic heterocycles. The molecule has 0 aromatic heterocycles. The van der Waals surface area contributed by atoms with Crippen molar-refractivity contribution in [3.63, 3.8) is 0 Å². The minimum Gasteiger partial charge on any atom is -0.382 e. The number of ketones is 2. The van der Waals surface area contributed by atoms with Gasteiger partial charge in [0.05, 0.1) is 0 Å². The molecule has 132 valence electrons. The van der Waals surface area contributed by atoms with Crippen molar-refractivity contribution in [2.75, 3.05) is 0 Å². The third-order valence-electron chi connectivity index (χ3n) is 8.40. The fraction of sp³-hybridized carbons (Fsp3) is 0.810. The van der Waals surface area contributed by atoms with Crippen LogP contribution in [0.25, 0.3) is 0 Å². The predicted molar refractivity (Wildman–Crippen MR) is 92.3 cm³/mol. The molecule has 1 unspecified atom stereocenters. The monoisotopic (exact) mass is 330 g/mol. The van der Waals surface area contributed by atoms with Crippen LogP contribution in [0.1, 0.15) is 65.7 Å². The van der Waals surface area contributed by atoms with Crippen LogP contribution in [0, 0.1) is 35.0 Å². The Morgan fingerprint density at radius 1 is 1.21 bits per heavy atom. The van der Waals surface area contributed by atoms with Gasteiger partial charge in [-0.1, -0.05) is 19.4 Å². The molecule has 3 fully saturated rings. The van der Waals surface area contributed by atoms with E-state index in [1.165, 1.54) is 5.57 Å². The molecule has 1 N–H and O–H groups in total. The summed E-state index contributed by atoms with van der Waals surface area (Å²) in [5, 5.41) is 11.1. The number of carbonyl (C=O) groups is 2. The summed E-state index contributed by atoms with van der Waals surface area (Å²) in [7, 11) is 0. The number of allylic oxidation sites excluding steroid dienone is 1. The van der Waals surface area contributed by atoms with E-state index in [0.717, 1.165) is 32.1 Å². The minimum atomic E-state index is -1.12. The summed E-state index contributed by atoms with van der Waals surface area (Å²) in [4.78, 5) is 24.1. The zero-order valence-electron chi connectivity index (χ0n) is 15.2. The molecule has 4 aliphatic carbocycles. The van der Waals surface area contributed by atoms with Gasteiger partial charge in [-0.25, -0.2) is 0 Å². The molecule has 4 rings (SSSR count). The van der Waals surface area contributed by atoms with Crippen LogP contribution in [0.3, 0.4) is 0 Å². The minimum absolute atomic E-state index is 0.0429. The van der Waals surface area contributed by atoms with Crippen molar-refractivity contribution in [3.8, 4) is 0 Å². The fourth-order valence-electron chi connectivity index (χ4n) is 7.09. The van der Waals surface area contributed by atoms with E-state index in [9.17, 15) is 14.7 Å². The number of carbonyl (C=O) groups excluding carboxylic acids is 2. The Morgan fingerprint density at radius 3 is 2.67 bits per heavy atom. The van der Waals surface area contributed by atoms with Crippen molar-refractivity contribution in [3.05, 3.63) is 11.6 Å². The van der Waals surface area contributed by atoms with Crippen molar-refractivity contribution in [2.45, 2.75) is 71.3 Å². The van der Waals surface area contributed by atoms with Gasteiger partial charge in [-0.15, -0.1) is 0 Å². The normalized spacial score (nSPS) is 50.6. The lowest BCUT2D eigenvalue weighted by molar-refractivity contribution is -0.158. The van der Waals surface area contributed by atoms with Gasteiger partial charge >= 0.3 is 0 Å². The second kappa shape index (κ2) is 5.27. The zero-order valence-corrected chi connectivity index (χ0v) is 15.2. The summed E-state index contributed by atoms with van der Waals surface area (Å²) >= 11 is 0. The molecule has 3 saturated carbocycles. The molecule has 4 aliphatic rings. The maximum atomic E-state index is 12.2. The van der Waals surface area contributed by atoms with Crippen molar-refractivity contribution < 1.29 is 14.7 Å². The van der Waals surface area contributed by atoms with Gasteiger partial charge in [-0.05, 0) is 81.1 Å². The first-order chi connectivity index (χ1) is 11.3. The number of aliphatic hydroxyl groups is 1. The SMILES string of the molecule is CC(=O)[C@@]1(O)CC[C@H]2[C@@H]3C[C@H](C)C4=CC(=O)CCC4[C@H]3CC[C@@]21C. The van der Waals surface area contributed by atoms with Gasteiger partial charge in [0.15, 0.2) is 11.6 Å². The first kappa shape index (κ1) is 16.5. The molecule has 0 bridgehead atoms. The van der Waals surface area contributed by atoms with Crippen LogP contribution in [0.15, 0.2) is 11.6 Å². The highest BCUT2D eigenvalue weighted by atomic mass is 16.3. The molecule has 0 heterocycles. The molecule has 0 amide bonds. The van der Waals surface area contributed by atoms with E-state index in [1.807, 2.05) is 6.08 Å². The van der Waals surface area contributed by atoms with Crippen molar-refractivity contribution >= 4 is 11.6 Å². The Balaban J connectivity index is 1.68. The van der Waals surface area contributed by atoms with Crippen LogP contribution in [0.5, 0.6) is 0 Å². The number of hydrogen-bond donors (Lipinski definition) is 1. The van der Waals surface area contributed by atoms with Gasteiger partial charge in [-0.3, -0.25) is 9.59 Å². The number of hydrogen-bond acceptors (Lipinski definition) is 3. The van der Waals surface area contributed by atoms with E-state index in [0.29, 0.717) is 48.2 Å². The van der Waals surface area contributed by atoms with Gasteiger partial charge in [0.1, 0.15) is 5.60 Å². The van der Waals surface area contributed by atoms with Crippen molar-refractivity contribution in [1.82, 2.24) is 0 Å². The topological polar surface area (TPSA) is 54.4 Å². The smallest absolute Gasteiger partial charge is 0.161 e. The van der Waals surface area contributed by atoms with E-state index < -0.39 is 5.60 Å². The molecule has 7 atom stereocenters. The summed E-state index contributed by atoms with van der Waals surface area (Å²) in [5.41, 5.74) is 0.0200. The van der Waals surface area contributed by atoms with Gasteiger partial charge in [0.25, 0.3) is 0 Å². The lowest BCUT2D eigenvalue weighted by atomic mass is 9.49. The Labute approximate surface area is 144 Å². The van der Waals surface area contributed by atoms with Gasteiger partial charge in [0.2, 0.25) is 0 Å². The lowest BCUT2D eigenvalue weighted by Gasteiger charge is -2.56. The van der Waals surface area contributed by atoms with E-state index in [-0.39, 0.29) is 11.2 Å². The summed E-state index contributed by atoms with van der Waals surface area (Å²) in [6, 6.07) is 0. The molecule has 3 heteroatoms. The van der Waals surface area contributed by atoms with Crippen LogP contribution in [-0.4, -0.2) is 22.3 Å². The van der Waals surface area contributed by atoms with E-state index in [1.54, 1.807) is 6.92 Å². The largest absolute Gasteiger partial charge is 0.382 e. The van der Waals surface area contributed by atoms with E-state index in [2.05, 4.69) is 13.8 Å². The Kier molecular flexibility index (Phi) is 3.62. The Hall–Kier alpha value is -0.960. The molecule has 24 heavy (non-hydrogen) atoms. The highest BCUT2D eigenvalue weighted by Gasteiger charge is 2.64.